The van der Waals surface area contributed by atoms with E-state index in [1.807, 2.05) is 35.8 Å². The molecule has 0 aliphatic carbocycles. The molecule has 0 fully saturated rings. The fraction of sp³-hybridized carbons (Fsp3) is 0.474. The summed E-state index contributed by atoms with van der Waals surface area (Å²) in [7, 11) is 4.98. The van der Waals surface area contributed by atoms with E-state index >= 15 is 0 Å². The molecule has 1 atom stereocenters. The van der Waals surface area contributed by atoms with Crippen LogP contribution in [0, 0.1) is 6.92 Å². The number of carbonyl (C=O) groups is 2. The Bertz CT molecular complexity index is 846. The van der Waals surface area contributed by atoms with Crippen LogP contribution < -0.4 is 4.74 Å². The maximum atomic E-state index is 13.0. The highest BCUT2D eigenvalue weighted by molar-refractivity contribution is 5.88. The fourth-order valence-corrected chi connectivity index (χ4v) is 3.40. The lowest BCUT2D eigenvalue weighted by Gasteiger charge is -2.36. The van der Waals surface area contributed by atoms with Gasteiger partial charge in [0.15, 0.2) is 11.9 Å². The Labute approximate surface area is 158 Å². The Kier molecular flexibility index (Phi) is 5.43. The van der Waals surface area contributed by atoms with E-state index in [4.69, 9.17) is 4.74 Å². The third kappa shape index (κ3) is 3.65. The summed E-state index contributed by atoms with van der Waals surface area (Å²) < 4.78 is 7.27. The summed E-state index contributed by atoms with van der Waals surface area (Å²) in [5, 5.41) is 8.26. The number of carbonyl (C=O) groups excluding carboxylic acids is 2. The SMILES string of the molecule is COc1ccccc1CCC(=O)N1CCn2c(C)nnc2C1C(=O)N(C)C. The van der Waals surface area contributed by atoms with Crippen molar-refractivity contribution in [3.63, 3.8) is 0 Å². The van der Waals surface area contributed by atoms with Crippen molar-refractivity contribution in [3.05, 3.63) is 41.5 Å². The van der Waals surface area contributed by atoms with Crippen LogP contribution in [0.3, 0.4) is 0 Å². The number of para-hydroxylation sites is 1. The normalized spacial score (nSPS) is 16.0. The Balaban J connectivity index is 1.81. The molecule has 0 saturated carbocycles. The summed E-state index contributed by atoms with van der Waals surface area (Å²) in [5.41, 5.74) is 0.972. The number of fused-ring (bicyclic) bond motifs is 1. The van der Waals surface area contributed by atoms with Crippen molar-refractivity contribution in [2.45, 2.75) is 32.4 Å². The van der Waals surface area contributed by atoms with Gasteiger partial charge in [-0.15, -0.1) is 10.2 Å². The first-order chi connectivity index (χ1) is 12.9. The minimum absolute atomic E-state index is 0.0759. The van der Waals surface area contributed by atoms with Gasteiger partial charge in [-0.05, 0) is 25.0 Å². The fourth-order valence-electron chi connectivity index (χ4n) is 3.40. The van der Waals surface area contributed by atoms with Crippen LogP contribution in [-0.2, 0) is 22.6 Å². The molecule has 144 valence electrons. The third-order valence-corrected chi connectivity index (χ3v) is 4.88. The Hall–Kier alpha value is -2.90. The van der Waals surface area contributed by atoms with E-state index in [-0.39, 0.29) is 11.8 Å². The number of nitrogens with zero attached hydrogens (tertiary/aromatic N) is 5. The highest BCUT2D eigenvalue weighted by Gasteiger charge is 2.39. The van der Waals surface area contributed by atoms with Gasteiger partial charge in [-0.1, -0.05) is 18.2 Å². The standard InChI is InChI=1S/C19H25N5O3/c1-13-20-21-18-17(19(26)22(2)3)24(12-11-23(13)18)16(25)10-9-14-7-5-6-8-15(14)27-4/h5-8,17H,9-12H2,1-4H3. The number of rotatable bonds is 5. The van der Waals surface area contributed by atoms with E-state index in [0.29, 0.717) is 31.8 Å². The monoisotopic (exact) mass is 371 g/mol. The van der Waals surface area contributed by atoms with Gasteiger partial charge in [0, 0.05) is 33.6 Å². The van der Waals surface area contributed by atoms with E-state index in [2.05, 4.69) is 10.2 Å². The molecule has 2 amide bonds. The molecule has 3 rings (SSSR count). The van der Waals surface area contributed by atoms with Crippen molar-refractivity contribution >= 4 is 11.8 Å². The first kappa shape index (κ1) is 18.9. The lowest BCUT2D eigenvalue weighted by Crippen LogP contribution is -2.48. The van der Waals surface area contributed by atoms with Crippen LogP contribution in [0.4, 0.5) is 0 Å². The number of hydrogen-bond acceptors (Lipinski definition) is 5. The Morgan fingerprint density at radius 2 is 1.96 bits per heavy atom. The van der Waals surface area contributed by atoms with Gasteiger partial charge < -0.3 is 19.1 Å². The Morgan fingerprint density at radius 3 is 2.67 bits per heavy atom. The number of aromatic nitrogens is 3. The first-order valence-electron chi connectivity index (χ1n) is 8.96. The summed E-state index contributed by atoms with van der Waals surface area (Å²) in [6.07, 6.45) is 0.846. The zero-order valence-electron chi connectivity index (χ0n) is 16.2. The molecule has 8 heteroatoms. The number of hydrogen-bond donors (Lipinski definition) is 0. The zero-order valence-corrected chi connectivity index (χ0v) is 16.2. The number of benzene rings is 1. The summed E-state index contributed by atoms with van der Waals surface area (Å²) in [5.74, 6) is 1.80. The molecular formula is C19H25N5O3. The molecular weight excluding hydrogens is 346 g/mol. The molecule has 0 N–H and O–H groups in total. The molecule has 27 heavy (non-hydrogen) atoms. The smallest absolute Gasteiger partial charge is 0.252 e. The zero-order chi connectivity index (χ0) is 19.6. The molecule has 1 aromatic carbocycles. The molecule has 0 saturated heterocycles. The molecule has 1 unspecified atom stereocenters. The predicted molar refractivity (Wildman–Crippen MR) is 99.2 cm³/mol. The summed E-state index contributed by atoms with van der Waals surface area (Å²) in [6.45, 7) is 2.90. The molecule has 0 spiro atoms. The molecule has 1 aromatic heterocycles. The lowest BCUT2D eigenvalue weighted by atomic mass is 10.1. The second-order valence-corrected chi connectivity index (χ2v) is 6.79. The van der Waals surface area contributed by atoms with Crippen LogP contribution in [0.1, 0.15) is 29.7 Å². The van der Waals surface area contributed by atoms with Gasteiger partial charge in [0.05, 0.1) is 7.11 Å². The minimum atomic E-state index is -0.736. The van der Waals surface area contributed by atoms with Crippen molar-refractivity contribution in [1.82, 2.24) is 24.6 Å². The molecule has 1 aliphatic heterocycles. The minimum Gasteiger partial charge on any atom is -0.496 e. The van der Waals surface area contributed by atoms with Gasteiger partial charge in [0.1, 0.15) is 11.6 Å². The van der Waals surface area contributed by atoms with Crippen molar-refractivity contribution in [3.8, 4) is 5.75 Å². The average Bonchev–Trinajstić information content (AvgIpc) is 3.05. The van der Waals surface area contributed by atoms with Crippen LogP contribution in [0.5, 0.6) is 5.75 Å². The average molecular weight is 371 g/mol. The van der Waals surface area contributed by atoms with Crippen molar-refractivity contribution < 1.29 is 14.3 Å². The molecule has 0 bridgehead atoms. The molecule has 2 aromatic rings. The second-order valence-electron chi connectivity index (χ2n) is 6.79. The third-order valence-electron chi connectivity index (χ3n) is 4.88. The highest BCUT2D eigenvalue weighted by atomic mass is 16.5. The molecule has 1 aliphatic rings. The lowest BCUT2D eigenvalue weighted by molar-refractivity contribution is -0.146. The first-order valence-corrected chi connectivity index (χ1v) is 8.96. The molecule has 8 nitrogen and oxygen atoms in total. The molecule has 2 heterocycles. The van der Waals surface area contributed by atoms with Crippen molar-refractivity contribution in [2.75, 3.05) is 27.7 Å². The van der Waals surface area contributed by atoms with Crippen LogP contribution in [0.2, 0.25) is 0 Å². The maximum absolute atomic E-state index is 13.0. The van der Waals surface area contributed by atoms with Gasteiger partial charge in [0.2, 0.25) is 5.91 Å². The van der Waals surface area contributed by atoms with E-state index < -0.39 is 6.04 Å². The van der Waals surface area contributed by atoms with Crippen LogP contribution in [-0.4, -0.2) is 64.1 Å². The van der Waals surface area contributed by atoms with Gasteiger partial charge in [0.25, 0.3) is 5.91 Å². The van der Waals surface area contributed by atoms with Gasteiger partial charge >= 0.3 is 0 Å². The van der Waals surface area contributed by atoms with E-state index in [1.54, 1.807) is 26.1 Å². The topological polar surface area (TPSA) is 80.6 Å². The number of amides is 2. The largest absolute Gasteiger partial charge is 0.496 e. The van der Waals surface area contributed by atoms with Crippen LogP contribution in [0.15, 0.2) is 24.3 Å². The highest BCUT2D eigenvalue weighted by Crippen LogP contribution is 2.28. The summed E-state index contributed by atoms with van der Waals surface area (Å²) in [4.78, 5) is 28.9. The van der Waals surface area contributed by atoms with E-state index in [0.717, 1.165) is 17.1 Å². The maximum Gasteiger partial charge on any atom is 0.252 e. The van der Waals surface area contributed by atoms with E-state index in [1.165, 1.54) is 4.90 Å². The number of aryl methyl sites for hydroxylation is 2. The van der Waals surface area contributed by atoms with E-state index in [9.17, 15) is 9.59 Å². The predicted octanol–water partition coefficient (Wildman–Crippen LogP) is 1.20. The van der Waals surface area contributed by atoms with Crippen molar-refractivity contribution in [1.29, 1.82) is 0 Å². The number of likely N-dealkylation sites (N-methyl/N-ethyl adjacent to an activating group) is 1. The van der Waals surface area contributed by atoms with Gasteiger partial charge in [-0.2, -0.15) is 0 Å². The number of ether oxygens (including phenoxy) is 1. The summed E-state index contributed by atoms with van der Waals surface area (Å²) >= 11 is 0. The second kappa shape index (κ2) is 7.77. The van der Waals surface area contributed by atoms with Gasteiger partial charge in [-0.25, -0.2) is 0 Å². The van der Waals surface area contributed by atoms with Crippen LogP contribution >= 0.6 is 0 Å². The quantitative estimate of drug-likeness (QED) is 0.789. The van der Waals surface area contributed by atoms with Crippen molar-refractivity contribution in [2.24, 2.45) is 0 Å². The Morgan fingerprint density at radius 1 is 1.22 bits per heavy atom. The summed E-state index contributed by atoms with van der Waals surface area (Å²) in [6, 6.07) is 6.91. The molecule has 0 radical (unpaired) electrons. The van der Waals surface area contributed by atoms with Crippen LogP contribution in [0.25, 0.3) is 0 Å². The number of methoxy groups -OCH3 is 1. The van der Waals surface area contributed by atoms with Gasteiger partial charge in [-0.3, -0.25) is 9.59 Å².